The van der Waals surface area contributed by atoms with Crippen LogP contribution in [-0.2, 0) is 24.6 Å². The minimum Gasteiger partial charge on any atom is -0.354 e. The third kappa shape index (κ3) is 5.61. The van der Waals surface area contributed by atoms with Gasteiger partial charge in [-0.05, 0) is 12.8 Å². The van der Waals surface area contributed by atoms with Crippen LogP contribution in [-0.4, -0.2) is 52.7 Å². The normalized spacial score (nSPS) is 16.7. The molecule has 0 bridgehead atoms. The number of carbonyl (C=O) groups is 1. The van der Waals surface area contributed by atoms with E-state index in [0.717, 1.165) is 17.5 Å². The van der Waals surface area contributed by atoms with Gasteiger partial charge in [0.25, 0.3) is 0 Å². The van der Waals surface area contributed by atoms with Crippen LogP contribution in [0.2, 0.25) is 0 Å². The number of piperidine rings is 1. The zero-order chi connectivity index (χ0) is 20.2. The van der Waals surface area contributed by atoms with E-state index in [-0.39, 0.29) is 30.0 Å². The Hall–Kier alpha value is -2.26. The summed E-state index contributed by atoms with van der Waals surface area (Å²) in [7, 11) is 3.03. The number of hydrogen-bond acceptors (Lipinski definition) is 3. The monoisotopic (exact) mass is 388 g/mol. The highest BCUT2D eigenvalue weighted by Gasteiger charge is 2.36. The number of guanidine groups is 1. The third-order valence-corrected chi connectivity index (χ3v) is 4.48. The van der Waals surface area contributed by atoms with Crippen molar-refractivity contribution in [2.45, 2.75) is 45.5 Å². The molecule has 1 aromatic rings. The number of aromatic nitrogens is 2. The van der Waals surface area contributed by atoms with E-state index < -0.39 is 11.9 Å². The van der Waals surface area contributed by atoms with Crippen molar-refractivity contribution in [3.63, 3.8) is 0 Å². The molecule has 0 spiro atoms. The summed E-state index contributed by atoms with van der Waals surface area (Å²) in [4.78, 5) is 18.0. The Balaban J connectivity index is 1.88. The Morgan fingerprint density at radius 2 is 2.00 bits per heavy atom. The minimum absolute atomic E-state index is 0.0220. The average molecular weight is 388 g/mol. The van der Waals surface area contributed by atoms with E-state index in [1.165, 1.54) is 13.2 Å². The number of alkyl halides is 3. The quantitative estimate of drug-likeness (QED) is 0.609. The summed E-state index contributed by atoms with van der Waals surface area (Å²) in [6, 6.07) is 0.114. The van der Waals surface area contributed by atoms with Crippen LogP contribution in [0.4, 0.5) is 13.2 Å². The molecule has 1 fully saturated rings. The number of amides is 1. The molecule has 0 unspecified atom stereocenters. The Labute approximate surface area is 157 Å². The summed E-state index contributed by atoms with van der Waals surface area (Å²) in [5.41, 5.74) is -0.834. The lowest BCUT2D eigenvalue weighted by Crippen LogP contribution is -2.50. The summed E-state index contributed by atoms with van der Waals surface area (Å²) in [6.07, 6.45) is -1.62. The van der Waals surface area contributed by atoms with Crippen LogP contribution in [0.1, 0.15) is 37.9 Å². The van der Waals surface area contributed by atoms with Gasteiger partial charge in [-0.25, -0.2) is 0 Å². The predicted molar refractivity (Wildman–Crippen MR) is 96.0 cm³/mol. The second-order valence-corrected chi connectivity index (χ2v) is 7.00. The molecule has 152 valence electrons. The number of rotatable bonds is 4. The Bertz CT molecular complexity index is 675. The van der Waals surface area contributed by atoms with Gasteiger partial charge in [0.2, 0.25) is 5.91 Å². The highest BCUT2D eigenvalue weighted by atomic mass is 19.4. The van der Waals surface area contributed by atoms with Crippen molar-refractivity contribution in [1.82, 2.24) is 25.3 Å². The summed E-state index contributed by atoms with van der Waals surface area (Å²) in [5.74, 6) is 0.555. The fourth-order valence-corrected chi connectivity index (χ4v) is 3.08. The first kappa shape index (κ1) is 21.0. The molecular weight excluding hydrogens is 361 g/mol. The number of aryl methyl sites for hydroxylation is 1. The van der Waals surface area contributed by atoms with Gasteiger partial charge in [0.1, 0.15) is 0 Å². The molecule has 0 saturated carbocycles. The lowest BCUT2D eigenvalue weighted by atomic mass is 10.0. The molecule has 2 N–H and O–H groups in total. The molecule has 0 aromatic carbocycles. The zero-order valence-corrected chi connectivity index (χ0v) is 16.1. The van der Waals surface area contributed by atoms with Crippen LogP contribution in [0.25, 0.3) is 0 Å². The summed E-state index contributed by atoms with van der Waals surface area (Å²) < 4.78 is 40.2. The maximum Gasteiger partial charge on any atom is 0.435 e. The van der Waals surface area contributed by atoms with Crippen molar-refractivity contribution in [3.05, 3.63) is 17.5 Å². The van der Waals surface area contributed by atoms with Gasteiger partial charge in [-0.1, -0.05) is 13.8 Å². The number of aliphatic imine (C=N–C) groups is 1. The molecule has 10 heteroatoms. The number of hydrogen-bond donors (Lipinski definition) is 2. The van der Waals surface area contributed by atoms with E-state index in [0.29, 0.717) is 19.0 Å². The molecule has 1 aliphatic rings. The van der Waals surface area contributed by atoms with Crippen molar-refractivity contribution in [3.8, 4) is 0 Å². The van der Waals surface area contributed by atoms with E-state index in [9.17, 15) is 18.0 Å². The van der Waals surface area contributed by atoms with Crippen molar-refractivity contribution >= 4 is 11.9 Å². The van der Waals surface area contributed by atoms with Crippen LogP contribution < -0.4 is 10.6 Å². The van der Waals surface area contributed by atoms with Gasteiger partial charge >= 0.3 is 6.18 Å². The molecule has 27 heavy (non-hydrogen) atoms. The summed E-state index contributed by atoms with van der Waals surface area (Å²) in [5, 5.41) is 9.63. The topological polar surface area (TPSA) is 74.6 Å². The standard InChI is InChI=1S/C17H27F3N6O/c1-11(2)15(27)26-7-5-13(6-8-26)23-16(21-3)22-9-12-10-25(4)24-14(12)17(18,19)20/h10-11,13H,5-9H2,1-4H3,(H2,21,22,23). The van der Waals surface area contributed by atoms with Gasteiger partial charge < -0.3 is 15.5 Å². The number of nitrogens with zero attached hydrogens (tertiary/aromatic N) is 4. The van der Waals surface area contributed by atoms with Gasteiger partial charge in [0.05, 0.1) is 0 Å². The predicted octanol–water partition coefficient (Wildman–Crippen LogP) is 1.75. The van der Waals surface area contributed by atoms with Gasteiger partial charge in [0, 0.05) is 57.4 Å². The van der Waals surface area contributed by atoms with Crippen molar-refractivity contribution < 1.29 is 18.0 Å². The van der Waals surface area contributed by atoms with E-state index in [4.69, 9.17) is 0 Å². The van der Waals surface area contributed by atoms with E-state index >= 15 is 0 Å². The highest BCUT2D eigenvalue weighted by Crippen LogP contribution is 2.30. The molecule has 0 radical (unpaired) electrons. The molecule has 1 aliphatic heterocycles. The van der Waals surface area contributed by atoms with Crippen LogP contribution in [0, 0.1) is 5.92 Å². The first-order valence-electron chi connectivity index (χ1n) is 8.97. The van der Waals surface area contributed by atoms with E-state index in [2.05, 4.69) is 20.7 Å². The van der Waals surface area contributed by atoms with Crippen LogP contribution >= 0.6 is 0 Å². The highest BCUT2D eigenvalue weighted by molar-refractivity contribution is 5.80. The molecule has 0 atom stereocenters. The van der Waals surface area contributed by atoms with Gasteiger partial charge in [-0.15, -0.1) is 0 Å². The van der Waals surface area contributed by atoms with Crippen molar-refractivity contribution in [1.29, 1.82) is 0 Å². The Morgan fingerprint density at radius 3 is 2.52 bits per heavy atom. The Morgan fingerprint density at radius 1 is 1.37 bits per heavy atom. The number of halogens is 3. The molecule has 2 heterocycles. The smallest absolute Gasteiger partial charge is 0.354 e. The van der Waals surface area contributed by atoms with Crippen LogP contribution in [0.5, 0.6) is 0 Å². The fourth-order valence-electron chi connectivity index (χ4n) is 3.08. The number of nitrogens with one attached hydrogen (secondary N) is 2. The van der Waals surface area contributed by atoms with Gasteiger partial charge in [-0.3, -0.25) is 14.5 Å². The molecule has 7 nitrogen and oxygen atoms in total. The molecule has 1 aromatic heterocycles. The third-order valence-electron chi connectivity index (χ3n) is 4.48. The number of likely N-dealkylation sites (tertiary alicyclic amines) is 1. The largest absolute Gasteiger partial charge is 0.435 e. The maximum absolute atomic E-state index is 13.0. The van der Waals surface area contributed by atoms with Gasteiger partial charge in [0.15, 0.2) is 11.7 Å². The number of carbonyl (C=O) groups excluding carboxylic acids is 1. The molecule has 0 aliphatic carbocycles. The van der Waals surface area contributed by atoms with Crippen LogP contribution in [0.15, 0.2) is 11.2 Å². The first-order chi connectivity index (χ1) is 12.6. The van der Waals surface area contributed by atoms with E-state index in [1.54, 1.807) is 7.05 Å². The molecular formula is C17H27F3N6O. The van der Waals surface area contributed by atoms with Crippen molar-refractivity contribution in [2.24, 2.45) is 18.0 Å². The lowest BCUT2D eigenvalue weighted by Gasteiger charge is -2.34. The summed E-state index contributed by atoms with van der Waals surface area (Å²) >= 11 is 0. The minimum atomic E-state index is -4.50. The van der Waals surface area contributed by atoms with Gasteiger partial charge in [-0.2, -0.15) is 18.3 Å². The molecule has 2 rings (SSSR count). The Kier molecular flexibility index (Phi) is 6.72. The average Bonchev–Trinajstić information content (AvgIpc) is 2.99. The van der Waals surface area contributed by atoms with E-state index in [1.807, 2.05) is 18.7 Å². The molecule has 1 amide bonds. The second-order valence-electron chi connectivity index (χ2n) is 7.00. The summed E-state index contributed by atoms with van der Waals surface area (Å²) in [6.45, 7) is 5.05. The fraction of sp³-hybridized carbons (Fsp3) is 0.706. The SMILES string of the molecule is CN=C(NCc1cn(C)nc1C(F)(F)F)NC1CCN(C(=O)C(C)C)CC1. The lowest BCUT2D eigenvalue weighted by molar-refractivity contribution is -0.142. The van der Waals surface area contributed by atoms with Crippen LogP contribution in [0.3, 0.4) is 0 Å². The second kappa shape index (κ2) is 8.62. The zero-order valence-electron chi connectivity index (χ0n) is 16.1. The molecule has 1 saturated heterocycles. The first-order valence-corrected chi connectivity index (χ1v) is 8.97. The van der Waals surface area contributed by atoms with Crippen molar-refractivity contribution in [2.75, 3.05) is 20.1 Å². The maximum atomic E-state index is 13.0.